The molecular formula is C37H38N8O7. The first-order valence-electron chi connectivity index (χ1n) is 16.4. The molecule has 1 unspecified atom stereocenters. The highest BCUT2D eigenvalue weighted by atomic mass is 16.5. The number of benzene rings is 3. The summed E-state index contributed by atoms with van der Waals surface area (Å²) in [4.78, 5) is 35.2. The number of para-hydroxylation sites is 1. The van der Waals surface area contributed by atoms with Crippen LogP contribution in [0.15, 0.2) is 75.2 Å². The molecule has 52 heavy (non-hydrogen) atoms. The summed E-state index contributed by atoms with van der Waals surface area (Å²) in [6.45, 7) is 1.93. The summed E-state index contributed by atoms with van der Waals surface area (Å²) in [5.74, 6) is 3.01. The highest BCUT2D eigenvalue weighted by Crippen LogP contribution is 2.44. The molecule has 15 heteroatoms. The number of anilines is 1. The zero-order valence-electron chi connectivity index (χ0n) is 30.0. The standard InChI is InChI=1S/C37H38N8O7/c1-20-30-33(45(41-20)23-12-10-9-11-13-23)39-24(19-25(38-30)22-17-28(49-6)32(51-8)29(18-22)50-7)21-14-15-26(27(16-21)48-5)52-36-40-34-31(42(36)2)35(46)44(4)37(47)43(34)3/h9-18,24,39H,19H2,1-8H3. The molecule has 1 N–H and O–H groups in total. The van der Waals surface area contributed by atoms with Crippen molar-refractivity contribution in [3.05, 3.63) is 98.3 Å². The third kappa shape index (κ3) is 5.59. The van der Waals surface area contributed by atoms with Gasteiger partial charge in [-0.25, -0.2) is 14.5 Å². The summed E-state index contributed by atoms with van der Waals surface area (Å²) in [5, 5.41) is 8.61. The SMILES string of the molecule is COc1cc(C2CC(c3cc(OC)c(OC)c(OC)c3)=Nc3c(C)nn(-c4ccccc4)c3N2)ccc1Oc1nc2c(c(=O)n(C)c(=O)n2C)n1C. The maximum atomic E-state index is 13.0. The minimum atomic E-state index is -0.485. The third-order valence-corrected chi connectivity index (χ3v) is 9.21. The molecule has 0 bridgehead atoms. The van der Waals surface area contributed by atoms with Crippen LogP contribution in [0, 0.1) is 6.92 Å². The molecule has 0 amide bonds. The van der Waals surface area contributed by atoms with Crippen molar-refractivity contribution in [1.29, 1.82) is 0 Å². The van der Waals surface area contributed by atoms with Crippen molar-refractivity contribution >= 4 is 28.4 Å². The number of imidazole rings is 1. The van der Waals surface area contributed by atoms with E-state index in [9.17, 15) is 9.59 Å². The van der Waals surface area contributed by atoms with Gasteiger partial charge in [0.2, 0.25) is 5.75 Å². The first-order chi connectivity index (χ1) is 25.1. The van der Waals surface area contributed by atoms with Gasteiger partial charge in [-0.3, -0.25) is 18.5 Å². The maximum Gasteiger partial charge on any atom is 0.332 e. The number of fused-ring (bicyclic) bond motifs is 2. The predicted octanol–water partition coefficient (Wildman–Crippen LogP) is 4.97. The minimum absolute atomic E-state index is 0.121. The van der Waals surface area contributed by atoms with Gasteiger partial charge in [-0.2, -0.15) is 10.1 Å². The Bertz CT molecular complexity index is 2470. The first-order valence-corrected chi connectivity index (χ1v) is 16.4. The van der Waals surface area contributed by atoms with Crippen LogP contribution < -0.4 is 40.3 Å². The van der Waals surface area contributed by atoms with Crippen LogP contribution in [0.1, 0.15) is 29.3 Å². The lowest BCUT2D eigenvalue weighted by Gasteiger charge is -2.22. The van der Waals surface area contributed by atoms with E-state index in [0.717, 1.165) is 38.6 Å². The zero-order chi connectivity index (χ0) is 36.8. The number of aliphatic imine (C=N–C) groups is 1. The molecule has 0 radical (unpaired) electrons. The van der Waals surface area contributed by atoms with E-state index in [2.05, 4.69) is 10.3 Å². The lowest BCUT2D eigenvalue weighted by Crippen LogP contribution is -2.37. The van der Waals surface area contributed by atoms with Gasteiger partial charge in [0.05, 0.1) is 51.6 Å². The van der Waals surface area contributed by atoms with Gasteiger partial charge in [0.1, 0.15) is 5.69 Å². The van der Waals surface area contributed by atoms with E-state index < -0.39 is 11.2 Å². The number of hydrogen-bond acceptors (Lipinski definition) is 11. The highest BCUT2D eigenvalue weighted by molar-refractivity contribution is 6.05. The lowest BCUT2D eigenvalue weighted by molar-refractivity contribution is 0.324. The van der Waals surface area contributed by atoms with E-state index in [1.165, 1.54) is 16.2 Å². The molecule has 15 nitrogen and oxygen atoms in total. The van der Waals surface area contributed by atoms with E-state index in [1.807, 2.05) is 66.2 Å². The zero-order valence-corrected chi connectivity index (χ0v) is 30.0. The van der Waals surface area contributed by atoms with Crippen LogP contribution in [0.5, 0.6) is 34.8 Å². The maximum absolute atomic E-state index is 13.0. The van der Waals surface area contributed by atoms with Crippen molar-refractivity contribution in [2.24, 2.45) is 26.1 Å². The van der Waals surface area contributed by atoms with Crippen molar-refractivity contribution in [1.82, 2.24) is 28.5 Å². The number of aryl methyl sites for hydroxylation is 3. The monoisotopic (exact) mass is 706 g/mol. The summed E-state index contributed by atoms with van der Waals surface area (Å²) in [5.41, 5.74) is 4.23. The van der Waals surface area contributed by atoms with Gasteiger partial charge in [-0.15, -0.1) is 0 Å². The van der Waals surface area contributed by atoms with Crippen molar-refractivity contribution in [3.63, 3.8) is 0 Å². The molecular weight excluding hydrogens is 668 g/mol. The number of hydrogen-bond donors (Lipinski definition) is 1. The average Bonchev–Trinajstić information content (AvgIpc) is 3.57. The van der Waals surface area contributed by atoms with Crippen LogP contribution in [0.4, 0.5) is 11.5 Å². The Labute approximate surface area is 298 Å². The molecule has 7 rings (SSSR count). The topological polar surface area (TPSA) is 150 Å². The molecule has 3 aromatic carbocycles. The summed E-state index contributed by atoms with van der Waals surface area (Å²) in [6.07, 6.45) is 0.451. The van der Waals surface area contributed by atoms with Crippen LogP contribution in [-0.2, 0) is 21.1 Å². The number of ether oxygens (including phenoxy) is 5. The van der Waals surface area contributed by atoms with Crippen LogP contribution in [0.2, 0.25) is 0 Å². The molecule has 1 aliphatic heterocycles. The molecule has 1 aliphatic rings. The Morgan fingerprint density at radius 3 is 2.13 bits per heavy atom. The number of nitrogens with one attached hydrogen (secondary N) is 1. The summed E-state index contributed by atoms with van der Waals surface area (Å²) in [7, 11) is 10.9. The molecule has 1 atom stereocenters. The molecule has 4 heterocycles. The molecule has 0 fully saturated rings. The molecule has 6 aromatic rings. The van der Waals surface area contributed by atoms with Gasteiger partial charge in [0.15, 0.2) is 40.0 Å². The second-order valence-electron chi connectivity index (χ2n) is 12.2. The molecule has 3 aromatic heterocycles. The normalized spacial score (nSPS) is 13.9. The van der Waals surface area contributed by atoms with Crippen LogP contribution in [0.3, 0.4) is 0 Å². The first kappa shape index (κ1) is 34.0. The fourth-order valence-electron chi connectivity index (χ4n) is 6.43. The Morgan fingerprint density at radius 2 is 1.48 bits per heavy atom. The summed E-state index contributed by atoms with van der Waals surface area (Å²) >= 11 is 0. The average molecular weight is 707 g/mol. The summed E-state index contributed by atoms with van der Waals surface area (Å²) in [6, 6.07) is 19.0. The Morgan fingerprint density at radius 1 is 0.788 bits per heavy atom. The van der Waals surface area contributed by atoms with Gasteiger partial charge in [-0.1, -0.05) is 24.3 Å². The van der Waals surface area contributed by atoms with Crippen LogP contribution in [-0.4, -0.2) is 62.6 Å². The van der Waals surface area contributed by atoms with Crippen molar-refractivity contribution < 1.29 is 23.7 Å². The van der Waals surface area contributed by atoms with Gasteiger partial charge in [-0.05, 0) is 48.9 Å². The predicted molar refractivity (Wildman–Crippen MR) is 196 cm³/mol. The lowest BCUT2D eigenvalue weighted by atomic mass is 9.96. The highest BCUT2D eigenvalue weighted by Gasteiger charge is 2.29. The smallest absolute Gasteiger partial charge is 0.332 e. The number of methoxy groups -OCH3 is 4. The molecule has 0 spiro atoms. The van der Waals surface area contributed by atoms with Crippen molar-refractivity contribution in [2.75, 3.05) is 33.8 Å². The fraction of sp³-hybridized carbons (Fsp3) is 0.270. The van der Waals surface area contributed by atoms with Crippen LogP contribution >= 0.6 is 0 Å². The quantitative estimate of drug-likeness (QED) is 0.218. The number of nitrogens with zero attached hydrogens (tertiary/aromatic N) is 7. The molecule has 0 saturated heterocycles. The van der Waals surface area contributed by atoms with Crippen LogP contribution in [0.25, 0.3) is 16.9 Å². The number of aromatic nitrogens is 6. The van der Waals surface area contributed by atoms with E-state index >= 15 is 0 Å². The minimum Gasteiger partial charge on any atom is -0.493 e. The van der Waals surface area contributed by atoms with E-state index in [1.54, 1.807) is 48.6 Å². The Hall–Kier alpha value is -6.51. The Kier molecular flexibility index (Phi) is 8.70. The number of rotatable bonds is 9. The Balaban J connectivity index is 1.33. The fourth-order valence-corrected chi connectivity index (χ4v) is 6.43. The molecule has 268 valence electrons. The second kappa shape index (κ2) is 13.3. The summed E-state index contributed by atoms with van der Waals surface area (Å²) < 4.78 is 34.8. The van der Waals surface area contributed by atoms with Gasteiger partial charge < -0.3 is 29.0 Å². The largest absolute Gasteiger partial charge is 0.493 e. The van der Waals surface area contributed by atoms with Crippen molar-refractivity contribution in [3.8, 4) is 40.4 Å². The van der Waals surface area contributed by atoms with Gasteiger partial charge in [0, 0.05) is 33.1 Å². The van der Waals surface area contributed by atoms with Gasteiger partial charge >= 0.3 is 11.7 Å². The van der Waals surface area contributed by atoms with E-state index in [4.69, 9.17) is 33.8 Å². The second-order valence-corrected chi connectivity index (χ2v) is 12.2. The molecule has 0 aliphatic carbocycles. The van der Waals surface area contributed by atoms with Gasteiger partial charge in [0.25, 0.3) is 5.56 Å². The third-order valence-electron chi connectivity index (χ3n) is 9.21. The van der Waals surface area contributed by atoms with Crippen molar-refractivity contribution in [2.45, 2.75) is 19.4 Å². The van der Waals surface area contributed by atoms with E-state index in [0.29, 0.717) is 40.9 Å². The molecule has 0 saturated carbocycles. The van der Waals surface area contributed by atoms with E-state index in [-0.39, 0.29) is 23.2 Å².